The number of carbonyl (C=O) groups is 1. The third kappa shape index (κ3) is 2.43. The number of rotatable bonds is 0. The van der Waals surface area contributed by atoms with Gasteiger partial charge >= 0.3 is 6.09 Å². The zero-order valence-electron chi connectivity index (χ0n) is 11.4. The molecule has 2 aromatic heterocycles. The van der Waals surface area contributed by atoms with Crippen molar-refractivity contribution in [3.05, 3.63) is 29.7 Å². The summed E-state index contributed by atoms with van der Waals surface area (Å²) >= 11 is 0. The Morgan fingerprint density at radius 3 is 2.74 bits per heavy atom. The molecule has 0 aliphatic rings. The molecule has 0 saturated heterocycles. The summed E-state index contributed by atoms with van der Waals surface area (Å²) in [6.07, 6.45) is 2.73. The summed E-state index contributed by atoms with van der Waals surface area (Å²) in [5.41, 5.74) is 1.03. The Morgan fingerprint density at radius 1 is 1.47 bits per heavy atom. The van der Waals surface area contributed by atoms with Crippen LogP contribution in [0.3, 0.4) is 0 Å². The first-order chi connectivity index (χ1) is 8.83. The van der Waals surface area contributed by atoms with E-state index < -0.39 is 11.7 Å². The van der Waals surface area contributed by atoms with Crippen molar-refractivity contribution in [2.24, 2.45) is 0 Å². The number of nitrogens with zero attached hydrogens (tertiary/aromatic N) is 3. The highest BCUT2D eigenvalue weighted by Gasteiger charge is 2.21. The molecule has 2 rings (SSSR count). The Hall–Kier alpha value is -2.35. The molecule has 0 saturated carbocycles. The van der Waals surface area contributed by atoms with Crippen molar-refractivity contribution >= 4 is 17.0 Å². The second kappa shape index (κ2) is 4.39. The summed E-state index contributed by atoms with van der Waals surface area (Å²) in [5, 5.41) is 9.94. The highest BCUT2D eigenvalue weighted by molar-refractivity contribution is 5.94. The van der Waals surface area contributed by atoms with Crippen molar-refractivity contribution in [3.8, 4) is 6.07 Å². The summed E-state index contributed by atoms with van der Waals surface area (Å²) in [5.74, 6) is 0. The molecular weight excluding hydrogens is 242 g/mol. The van der Waals surface area contributed by atoms with Crippen LogP contribution in [0.25, 0.3) is 10.9 Å². The minimum Gasteiger partial charge on any atom is -0.443 e. The van der Waals surface area contributed by atoms with E-state index in [0.717, 1.165) is 10.9 Å². The van der Waals surface area contributed by atoms with Crippen molar-refractivity contribution in [3.63, 3.8) is 0 Å². The Morgan fingerprint density at radius 2 is 2.16 bits per heavy atom. The van der Waals surface area contributed by atoms with Gasteiger partial charge in [-0.25, -0.2) is 14.3 Å². The molecule has 0 aromatic carbocycles. The van der Waals surface area contributed by atoms with E-state index in [2.05, 4.69) is 4.98 Å². The van der Waals surface area contributed by atoms with Gasteiger partial charge in [-0.1, -0.05) is 0 Å². The normalized spacial score (nSPS) is 11.3. The molecular formula is C14H15N3O2. The van der Waals surface area contributed by atoms with Gasteiger partial charge in [0, 0.05) is 17.8 Å². The minimum atomic E-state index is -0.587. The lowest BCUT2D eigenvalue weighted by atomic mass is 10.2. The van der Waals surface area contributed by atoms with Gasteiger partial charge in [-0.05, 0) is 39.3 Å². The number of aryl methyl sites for hydroxylation is 1. The van der Waals surface area contributed by atoms with Crippen LogP contribution in [0.15, 0.2) is 18.5 Å². The van der Waals surface area contributed by atoms with Crippen LogP contribution in [0.2, 0.25) is 0 Å². The van der Waals surface area contributed by atoms with Gasteiger partial charge in [-0.2, -0.15) is 5.26 Å². The Bertz CT molecular complexity index is 687. The molecule has 0 unspecified atom stereocenters. The lowest BCUT2D eigenvalue weighted by Crippen LogP contribution is -2.26. The van der Waals surface area contributed by atoms with E-state index in [0.29, 0.717) is 5.52 Å². The van der Waals surface area contributed by atoms with Crippen LogP contribution in [0.4, 0.5) is 4.79 Å². The summed E-state index contributed by atoms with van der Waals surface area (Å²) in [6, 6.07) is 3.79. The maximum absolute atomic E-state index is 12.2. The van der Waals surface area contributed by atoms with Gasteiger partial charge < -0.3 is 4.74 Å². The second-order valence-electron chi connectivity index (χ2n) is 5.33. The lowest BCUT2D eigenvalue weighted by Gasteiger charge is -2.19. The highest BCUT2D eigenvalue weighted by atomic mass is 16.6. The molecule has 5 heteroatoms. The first-order valence-electron chi connectivity index (χ1n) is 5.93. The molecule has 0 amide bonds. The van der Waals surface area contributed by atoms with Crippen molar-refractivity contribution in [1.29, 1.82) is 5.26 Å². The monoisotopic (exact) mass is 257 g/mol. The molecule has 0 bridgehead atoms. The lowest BCUT2D eigenvalue weighted by molar-refractivity contribution is 0.0544. The molecule has 0 atom stereocenters. The molecule has 19 heavy (non-hydrogen) atoms. The fourth-order valence-corrected chi connectivity index (χ4v) is 1.88. The maximum Gasteiger partial charge on any atom is 0.419 e. The van der Waals surface area contributed by atoms with Gasteiger partial charge in [0.25, 0.3) is 0 Å². The average Bonchev–Trinajstić information content (AvgIpc) is 2.65. The van der Waals surface area contributed by atoms with Gasteiger partial charge in [0.2, 0.25) is 0 Å². The molecule has 2 heterocycles. The van der Waals surface area contributed by atoms with Gasteiger partial charge in [-0.3, -0.25) is 0 Å². The van der Waals surface area contributed by atoms with Crippen molar-refractivity contribution in [2.75, 3.05) is 0 Å². The predicted octanol–water partition coefficient (Wildman–Crippen LogP) is 3.00. The van der Waals surface area contributed by atoms with E-state index in [1.54, 1.807) is 39.2 Å². The Labute approximate surface area is 111 Å². The first-order valence-corrected chi connectivity index (χ1v) is 5.93. The molecule has 2 aromatic rings. The molecule has 98 valence electrons. The highest BCUT2D eigenvalue weighted by Crippen LogP contribution is 2.23. The van der Waals surface area contributed by atoms with Crippen LogP contribution in [0.5, 0.6) is 0 Å². The maximum atomic E-state index is 12.2. The summed E-state index contributed by atoms with van der Waals surface area (Å²) in [4.78, 5) is 16.1. The fourth-order valence-electron chi connectivity index (χ4n) is 1.88. The number of carbonyl (C=O) groups excluding carboxylic acids is 1. The number of fused-ring (bicyclic) bond motifs is 1. The van der Waals surface area contributed by atoms with Gasteiger partial charge in [0.15, 0.2) is 5.69 Å². The largest absolute Gasteiger partial charge is 0.443 e. The quantitative estimate of drug-likeness (QED) is 0.727. The van der Waals surface area contributed by atoms with E-state index >= 15 is 0 Å². The predicted molar refractivity (Wildman–Crippen MR) is 70.8 cm³/mol. The van der Waals surface area contributed by atoms with Crippen LogP contribution >= 0.6 is 0 Å². The summed E-state index contributed by atoms with van der Waals surface area (Å²) in [7, 11) is 0. The molecule has 0 radical (unpaired) electrons. The Balaban J connectivity index is 2.62. The third-order valence-electron chi connectivity index (χ3n) is 2.61. The SMILES string of the molecule is Cc1cn(C(=O)OC(C)(C)C)c2c(C#N)nccc12. The van der Waals surface area contributed by atoms with Crippen LogP contribution in [-0.4, -0.2) is 21.2 Å². The number of pyridine rings is 1. The van der Waals surface area contributed by atoms with Crippen LogP contribution in [0.1, 0.15) is 32.0 Å². The second-order valence-corrected chi connectivity index (χ2v) is 5.33. The molecule has 5 nitrogen and oxygen atoms in total. The third-order valence-corrected chi connectivity index (χ3v) is 2.61. The van der Waals surface area contributed by atoms with Crippen LogP contribution < -0.4 is 0 Å². The number of hydrogen-bond acceptors (Lipinski definition) is 4. The fraction of sp³-hybridized carbons (Fsp3) is 0.357. The zero-order valence-corrected chi connectivity index (χ0v) is 11.4. The minimum absolute atomic E-state index is 0.219. The topological polar surface area (TPSA) is 67.9 Å². The Kier molecular flexibility index (Phi) is 3.03. The molecule has 0 fully saturated rings. The van der Waals surface area contributed by atoms with Crippen molar-refractivity contribution in [1.82, 2.24) is 9.55 Å². The standard InChI is InChI=1S/C14H15N3O2/c1-9-8-17(13(18)19-14(2,3)4)12-10(9)5-6-16-11(12)7-15/h5-6,8H,1-4H3. The van der Waals surface area contributed by atoms with Crippen LogP contribution in [0, 0.1) is 18.3 Å². The summed E-state index contributed by atoms with van der Waals surface area (Å²) in [6.45, 7) is 7.27. The van der Waals surface area contributed by atoms with Crippen molar-refractivity contribution in [2.45, 2.75) is 33.3 Å². The van der Waals surface area contributed by atoms with E-state index in [1.807, 2.05) is 13.0 Å². The molecule has 0 spiro atoms. The van der Waals surface area contributed by atoms with E-state index in [4.69, 9.17) is 10.00 Å². The van der Waals surface area contributed by atoms with Gasteiger partial charge in [-0.15, -0.1) is 0 Å². The first kappa shape index (κ1) is 13.1. The number of ether oxygens (including phenoxy) is 1. The van der Waals surface area contributed by atoms with Gasteiger partial charge in [0.1, 0.15) is 11.7 Å². The smallest absolute Gasteiger partial charge is 0.419 e. The van der Waals surface area contributed by atoms with Crippen molar-refractivity contribution < 1.29 is 9.53 Å². The van der Waals surface area contributed by atoms with E-state index in [-0.39, 0.29) is 5.69 Å². The zero-order chi connectivity index (χ0) is 14.2. The van der Waals surface area contributed by atoms with Crippen LogP contribution in [-0.2, 0) is 4.74 Å². The average molecular weight is 257 g/mol. The number of aromatic nitrogens is 2. The molecule has 0 aliphatic heterocycles. The number of nitriles is 1. The number of hydrogen-bond donors (Lipinski definition) is 0. The van der Waals surface area contributed by atoms with E-state index in [1.165, 1.54) is 4.57 Å². The summed E-state index contributed by atoms with van der Waals surface area (Å²) < 4.78 is 6.68. The molecule has 0 N–H and O–H groups in total. The van der Waals surface area contributed by atoms with E-state index in [9.17, 15) is 4.79 Å². The van der Waals surface area contributed by atoms with Gasteiger partial charge in [0.05, 0.1) is 5.52 Å². The molecule has 0 aliphatic carbocycles.